The van der Waals surface area contributed by atoms with E-state index in [1.807, 2.05) is 0 Å². The minimum atomic E-state index is 0.279. The van der Waals surface area contributed by atoms with Crippen LogP contribution in [0.4, 0.5) is 0 Å². The fourth-order valence-corrected chi connectivity index (χ4v) is 6.77. The Morgan fingerprint density at radius 1 is 0.538 bits per heavy atom. The van der Waals surface area contributed by atoms with Crippen molar-refractivity contribution in [1.82, 2.24) is 14.0 Å². The van der Waals surface area contributed by atoms with E-state index in [4.69, 9.17) is 0 Å². The molecule has 0 radical (unpaired) electrons. The number of fused-ring (bicyclic) bond motifs is 3. The van der Waals surface area contributed by atoms with Crippen LogP contribution in [0.5, 0.6) is 0 Å². The first kappa shape index (κ1) is 24.4. The average molecular weight is 516 g/mol. The molecule has 0 amide bonds. The normalized spacial score (nSPS) is 15.1. The standard InChI is InChI=1S/C35H37N3O/c39-21-9-1-6-18-36-24-26-14-16-34-30(22-26)28-10-2-4-12-32(28)37(34)19-7-8-20-38-33-13-5-3-11-29(33)31-23-27(25-36)15-17-35(31)38/h2-5,10-17,22-23,39H,1,6-9,18-21,24-25H2. The summed E-state index contributed by atoms with van der Waals surface area (Å²) in [4.78, 5) is 2.59. The second-order valence-electron chi connectivity index (χ2n) is 11.2. The lowest BCUT2D eigenvalue weighted by Gasteiger charge is -2.23. The summed E-state index contributed by atoms with van der Waals surface area (Å²) < 4.78 is 5.08. The van der Waals surface area contributed by atoms with Crippen molar-refractivity contribution in [2.75, 3.05) is 13.2 Å². The summed E-state index contributed by atoms with van der Waals surface area (Å²) in [6.07, 6.45) is 5.33. The number of rotatable bonds is 5. The lowest BCUT2D eigenvalue weighted by molar-refractivity contribution is 0.240. The zero-order valence-electron chi connectivity index (χ0n) is 22.6. The van der Waals surface area contributed by atoms with Gasteiger partial charge in [0.15, 0.2) is 0 Å². The molecular weight excluding hydrogens is 478 g/mol. The number of aryl methyl sites for hydroxylation is 2. The van der Waals surface area contributed by atoms with E-state index < -0.39 is 0 Å². The van der Waals surface area contributed by atoms with E-state index in [9.17, 15) is 5.11 Å². The molecule has 6 aromatic rings. The molecule has 8 bridgehead atoms. The van der Waals surface area contributed by atoms with Gasteiger partial charge in [0, 0.05) is 76.4 Å². The number of hydrogen-bond donors (Lipinski definition) is 1. The summed E-state index contributed by atoms with van der Waals surface area (Å²) in [6.45, 7) is 5.22. The molecule has 0 saturated heterocycles. The summed E-state index contributed by atoms with van der Waals surface area (Å²) in [6, 6.07) is 32.1. The van der Waals surface area contributed by atoms with Crippen molar-refractivity contribution in [3.05, 3.63) is 96.1 Å². The van der Waals surface area contributed by atoms with Crippen molar-refractivity contribution in [3.8, 4) is 0 Å². The molecular formula is C35H37N3O. The maximum atomic E-state index is 9.31. The summed E-state index contributed by atoms with van der Waals surface area (Å²) in [5.41, 5.74) is 8.12. The first-order valence-corrected chi connectivity index (χ1v) is 14.6. The summed E-state index contributed by atoms with van der Waals surface area (Å²) in [7, 11) is 0. The van der Waals surface area contributed by atoms with Crippen molar-refractivity contribution in [2.24, 2.45) is 0 Å². The Kier molecular flexibility index (Phi) is 6.59. The zero-order chi connectivity index (χ0) is 26.2. The fourth-order valence-electron chi connectivity index (χ4n) is 6.77. The number of aliphatic hydroxyl groups is 1. The fraction of sp³-hybridized carbons (Fsp3) is 0.314. The van der Waals surface area contributed by atoms with Gasteiger partial charge in [0.25, 0.3) is 0 Å². The van der Waals surface area contributed by atoms with Crippen LogP contribution in [0.3, 0.4) is 0 Å². The van der Waals surface area contributed by atoms with E-state index in [1.165, 1.54) is 54.7 Å². The molecule has 0 atom stereocenters. The first-order chi connectivity index (χ1) is 19.3. The van der Waals surface area contributed by atoms with Crippen LogP contribution in [-0.2, 0) is 26.2 Å². The van der Waals surface area contributed by atoms with Crippen LogP contribution >= 0.6 is 0 Å². The lowest BCUT2D eigenvalue weighted by atomic mass is 10.1. The van der Waals surface area contributed by atoms with E-state index in [-0.39, 0.29) is 6.61 Å². The van der Waals surface area contributed by atoms with Gasteiger partial charge in [0.2, 0.25) is 0 Å². The number of aromatic nitrogens is 2. The molecule has 0 fully saturated rings. The van der Waals surface area contributed by atoms with Gasteiger partial charge in [-0.3, -0.25) is 4.90 Å². The Bertz CT molecular complexity index is 1650. The predicted octanol–water partition coefficient (Wildman–Crippen LogP) is 7.86. The minimum absolute atomic E-state index is 0.279. The van der Waals surface area contributed by atoms with E-state index in [2.05, 4.69) is 99.0 Å². The lowest BCUT2D eigenvalue weighted by Crippen LogP contribution is -2.24. The number of nitrogens with zero attached hydrogens (tertiary/aromatic N) is 3. The Labute approximate surface area is 230 Å². The molecule has 198 valence electrons. The van der Waals surface area contributed by atoms with Crippen LogP contribution in [0.1, 0.15) is 43.2 Å². The molecule has 4 heteroatoms. The van der Waals surface area contributed by atoms with Crippen LogP contribution in [-0.4, -0.2) is 32.3 Å². The maximum absolute atomic E-state index is 9.31. The first-order valence-electron chi connectivity index (χ1n) is 14.6. The molecule has 1 N–H and O–H groups in total. The monoisotopic (exact) mass is 515 g/mol. The summed E-state index contributed by atoms with van der Waals surface area (Å²) in [5.74, 6) is 0. The second-order valence-corrected chi connectivity index (χ2v) is 11.2. The van der Waals surface area contributed by atoms with Crippen molar-refractivity contribution >= 4 is 43.6 Å². The molecule has 0 saturated carbocycles. The van der Waals surface area contributed by atoms with Crippen molar-refractivity contribution in [2.45, 2.75) is 58.3 Å². The molecule has 4 nitrogen and oxygen atoms in total. The third kappa shape index (κ3) is 4.52. The van der Waals surface area contributed by atoms with Gasteiger partial charge in [-0.15, -0.1) is 0 Å². The van der Waals surface area contributed by atoms with E-state index in [1.54, 1.807) is 0 Å². The van der Waals surface area contributed by atoms with Crippen molar-refractivity contribution < 1.29 is 5.11 Å². The number of para-hydroxylation sites is 2. The number of benzene rings is 4. The highest BCUT2D eigenvalue weighted by molar-refractivity contribution is 6.09. The van der Waals surface area contributed by atoms with Gasteiger partial charge in [0.05, 0.1) is 0 Å². The molecule has 39 heavy (non-hydrogen) atoms. The quantitative estimate of drug-likeness (QED) is 0.237. The number of hydrogen-bond acceptors (Lipinski definition) is 2. The molecule has 0 spiro atoms. The highest BCUT2D eigenvalue weighted by Crippen LogP contribution is 2.33. The SMILES string of the molecule is OCCCCCN1Cc2ccc3c(c2)c2ccccc2n3CCCCn2c3ccccc3c3cc(ccc32)C1. The Morgan fingerprint density at radius 3 is 1.59 bits per heavy atom. The third-order valence-electron chi connectivity index (χ3n) is 8.63. The van der Waals surface area contributed by atoms with Gasteiger partial charge in [-0.05, 0) is 86.2 Å². The Balaban J connectivity index is 1.34. The van der Waals surface area contributed by atoms with E-state index >= 15 is 0 Å². The van der Waals surface area contributed by atoms with Crippen molar-refractivity contribution in [3.63, 3.8) is 0 Å². The van der Waals surface area contributed by atoms with Crippen LogP contribution in [0.25, 0.3) is 43.6 Å². The largest absolute Gasteiger partial charge is 0.396 e. The Hall–Kier alpha value is -3.60. The maximum Gasteiger partial charge on any atom is 0.0491 e. The predicted molar refractivity (Wildman–Crippen MR) is 163 cm³/mol. The molecule has 0 unspecified atom stereocenters. The summed E-state index contributed by atoms with van der Waals surface area (Å²) in [5, 5.41) is 14.8. The molecule has 0 aliphatic carbocycles. The zero-order valence-corrected chi connectivity index (χ0v) is 22.6. The van der Waals surface area contributed by atoms with Crippen LogP contribution in [0, 0.1) is 0 Å². The second kappa shape index (κ2) is 10.5. The van der Waals surface area contributed by atoms with E-state index in [0.717, 1.165) is 64.8 Å². The highest BCUT2D eigenvalue weighted by Gasteiger charge is 2.16. The molecule has 3 aliphatic heterocycles. The molecule has 2 aromatic heterocycles. The van der Waals surface area contributed by atoms with Gasteiger partial charge >= 0.3 is 0 Å². The van der Waals surface area contributed by atoms with Gasteiger partial charge < -0.3 is 14.2 Å². The molecule has 5 heterocycles. The molecule has 9 rings (SSSR count). The van der Waals surface area contributed by atoms with E-state index in [0.29, 0.717) is 0 Å². The van der Waals surface area contributed by atoms with Gasteiger partial charge in [-0.1, -0.05) is 48.5 Å². The van der Waals surface area contributed by atoms with Gasteiger partial charge in [-0.25, -0.2) is 0 Å². The van der Waals surface area contributed by atoms with Gasteiger partial charge in [0.1, 0.15) is 0 Å². The topological polar surface area (TPSA) is 33.3 Å². The highest BCUT2D eigenvalue weighted by atomic mass is 16.2. The third-order valence-corrected chi connectivity index (χ3v) is 8.63. The van der Waals surface area contributed by atoms with Crippen molar-refractivity contribution in [1.29, 1.82) is 0 Å². The van der Waals surface area contributed by atoms with Crippen LogP contribution < -0.4 is 0 Å². The smallest absolute Gasteiger partial charge is 0.0491 e. The van der Waals surface area contributed by atoms with Crippen LogP contribution in [0.15, 0.2) is 84.9 Å². The molecule has 3 aliphatic rings. The van der Waals surface area contributed by atoms with Crippen LogP contribution in [0.2, 0.25) is 0 Å². The Morgan fingerprint density at radius 2 is 1.05 bits per heavy atom. The number of aliphatic hydroxyl groups excluding tert-OH is 1. The molecule has 4 aromatic carbocycles. The number of unbranched alkanes of at least 4 members (excludes halogenated alkanes) is 2. The average Bonchev–Trinajstić information content (AvgIpc) is 3.45. The minimum Gasteiger partial charge on any atom is -0.396 e. The summed E-state index contributed by atoms with van der Waals surface area (Å²) >= 11 is 0. The van der Waals surface area contributed by atoms with Gasteiger partial charge in [-0.2, -0.15) is 0 Å².